The van der Waals surface area contributed by atoms with Crippen molar-refractivity contribution >= 4 is 0 Å². The van der Waals surface area contributed by atoms with Crippen molar-refractivity contribution in [2.45, 2.75) is 39.0 Å². The summed E-state index contributed by atoms with van der Waals surface area (Å²) in [5, 5.41) is 13.0. The van der Waals surface area contributed by atoms with E-state index in [2.05, 4.69) is 49.5 Å². The fourth-order valence-electron chi connectivity index (χ4n) is 3.49. The van der Waals surface area contributed by atoms with Gasteiger partial charge in [-0.25, -0.2) is 0 Å². The van der Waals surface area contributed by atoms with Crippen molar-refractivity contribution in [1.82, 2.24) is 5.32 Å². The van der Waals surface area contributed by atoms with Crippen molar-refractivity contribution < 1.29 is 5.11 Å². The van der Waals surface area contributed by atoms with Gasteiger partial charge in [0.1, 0.15) is 0 Å². The number of hydrogen-bond donors (Lipinski definition) is 2. The van der Waals surface area contributed by atoms with E-state index in [4.69, 9.17) is 0 Å². The molecule has 0 heterocycles. The number of hydrogen-bond acceptors (Lipinski definition) is 2. The van der Waals surface area contributed by atoms with Crippen molar-refractivity contribution in [2.75, 3.05) is 19.7 Å². The smallest absolute Gasteiger partial charge is 0.0462 e. The van der Waals surface area contributed by atoms with Crippen LogP contribution in [0.2, 0.25) is 0 Å². The van der Waals surface area contributed by atoms with Gasteiger partial charge in [0.15, 0.2) is 0 Å². The second kappa shape index (κ2) is 7.80. The molecule has 0 spiro atoms. The number of aliphatic hydroxyl groups excluding tert-OH is 1. The molecule has 20 heavy (non-hydrogen) atoms. The zero-order chi connectivity index (χ0) is 14.4. The molecule has 1 aliphatic carbocycles. The summed E-state index contributed by atoms with van der Waals surface area (Å²) >= 11 is 0. The zero-order valence-corrected chi connectivity index (χ0v) is 12.9. The van der Waals surface area contributed by atoms with Gasteiger partial charge in [-0.1, -0.05) is 50.6 Å². The van der Waals surface area contributed by atoms with Gasteiger partial charge in [-0.3, -0.25) is 0 Å². The van der Waals surface area contributed by atoms with Crippen LogP contribution in [0, 0.1) is 17.8 Å². The quantitative estimate of drug-likeness (QED) is 0.799. The lowest BCUT2D eigenvalue weighted by atomic mass is 9.88. The predicted molar refractivity (Wildman–Crippen MR) is 84.8 cm³/mol. The van der Waals surface area contributed by atoms with Gasteiger partial charge in [0.05, 0.1) is 0 Å². The van der Waals surface area contributed by atoms with E-state index in [0.717, 1.165) is 13.1 Å². The van der Waals surface area contributed by atoms with Gasteiger partial charge in [-0.2, -0.15) is 0 Å². The van der Waals surface area contributed by atoms with Crippen LogP contribution in [0.5, 0.6) is 0 Å². The highest BCUT2D eigenvalue weighted by molar-refractivity contribution is 5.20. The van der Waals surface area contributed by atoms with Gasteiger partial charge in [-0.05, 0) is 48.6 Å². The second-order valence-corrected chi connectivity index (χ2v) is 6.55. The Balaban J connectivity index is 1.84. The summed E-state index contributed by atoms with van der Waals surface area (Å²) in [5.74, 6) is 2.41. The average molecular weight is 275 g/mol. The molecule has 2 nitrogen and oxygen atoms in total. The van der Waals surface area contributed by atoms with Crippen LogP contribution in [0.3, 0.4) is 0 Å². The van der Waals surface area contributed by atoms with Gasteiger partial charge in [0.2, 0.25) is 0 Å². The fraction of sp³-hybridized carbons (Fsp3) is 0.667. The molecule has 1 aromatic rings. The third-order valence-corrected chi connectivity index (χ3v) is 4.85. The van der Waals surface area contributed by atoms with Gasteiger partial charge < -0.3 is 10.4 Å². The molecule has 2 rings (SSSR count). The Morgan fingerprint density at radius 3 is 2.50 bits per heavy atom. The van der Waals surface area contributed by atoms with E-state index in [-0.39, 0.29) is 0 Å². The standard InChI is InChI=1S/C18H29NO/c1-14(2)18(15-7-4-3-5-8-15)12-19-11-16-9-6-10-17(16)13-20/h3-5,7-8,14,16-20H,6,9-13H2,1-2H3. The largest absolute Gasteiger partial charge is 0.396 e. The van der Waals surface area contributed by atoms with Crippen molar-refractivity contribution in [3.05, 3.63) is 35.9 Å². The highest BCUT2D eigenvalue weighted by atomic mass is 16.3. The minimum absolute atomic E-state index is 0.360. The van der Waals surface area contributed by atoms with Crippen molar-refractivity contribution in [2.24, 2.45) is 17.8 Å². The van der Waals surface area contributed by atoms with E-state index in [9.17, 15) is 5.11 Å². The number of rotatable bonds is 7. The van der Waals surface area contributed by atoms with E-state index in [1.54, 1.807) is 0 Å². The first-order valence-electron chi connectivity index (χ1n) is 8.09. The maximum atomic E-state index is 9.38. The Kier molecular flexibility index (Phi) is 6.06. The molecule has 0 amide bonds. The molecule has 3 unspecified atom stereocenters. The Labute approximate surface area is 123 Å². The Morgan fingerprint density at radius 2 is 1.85 bits per heavy atom. The highest BCUT2D eigenvalue weighted by Crippen LogP contribution is 2.31. The maximum absolute atomic E-state index is 9.38. The first kappa shape index (κ1) is 15.5. The van der Waals surface area contributed by atoms with Crippen LogP contribution < -0.4 is 5.32 Å². The van der Waals surface area contributed by atoms with Gasteiger partial charge in [0, 0.05) is 13.2 Å². The minimum atomic E-state index is 0.360. The zero-order valence-electron chi connectivity index (χ0n) is 12.9. The van der Waals surface area contributed by atoms with Crippen molar-refractivity contribution in [3.8, 4) is 0 Å². The van der Waals surface area contributed by atoms with Crippen LogP contribution in [-0.2, 0) is 0 Å². The molecule has 112 valence electrons. The Morgan fingerprint density at radius 1 is 1.15 bits per heavy atom. The summed E-state index contributed by atoms with van der Waals surface area (Å²) < 4.78 is 0. The SMILES string of the molecule is CC(C)C(CNCC1CCCC1CO)c1ccccc1. The van der Waals surface area contributed by atoms with Gasteiger partial charge >= 0.3 is 0 Å². The number of benzene rings is 1. The lowest BCUT2D eigenvalue weighted by molar-refractivity contribution is 0.191. The van der Waals surface area contributed by atoms with Crippen LogP contribution >= 0.6 is 0 Å². The minimum Gasteiger partial charge on any atom is -0.396 e. The molecule has 0 bridgehead atoms. The Hall–Kier alpha value is -0.860. The lowest BCUT2D eigenvalue weighted by Gasteiger charge is -2.24. The van der Waals surface area contributed by atoms with E-state index in [1.807, 2.05) is 0 Å². The molecule has 0 saturated heterocycles. The average Bonchev–Trinajstić information content (AvgIpc) is 2.91. The summed E-state index contributed by atoms with van der Waals surface area (Å²) in [6.45, 7) is 7.05. The summed E-state index contributed by atoms with van der Waals surface area (Å²) in [7, 11) is 0. The first-order chi connectivity index (χ1) is 9.72. The van der Waals surface area contributed by atoms with E-state index < -0.39 is 0 Å². The molecule has 1 saturated carbocycles. The van der Waals surface area contributed by atoms with E-state index in [0.29, 0.717) is 30.3 Å². The predicted octanol–water partition coefficient (Wildman–Crippen LogP) is 3.42. The molecule has 2 N–H and O–H groups in total. The molecule has 2 heteroatoms. The lowest BCUT2D eigenvalue weighted by Crippen LogP contribution is -2.31. The van der Waals surface area contributed by atoms with Gasteiger partial charge in [-0.15, -0.1) is 0 Å². The highest BCUT2D eigenvalue weighted by Gasteiger charge is 2.26. The molecule has 0 radical (unpaired) electrons. The molecular weight excluding hydrogens is 246 g/mol. The second-order valence-electron chi connectivity index (χ2n) is 6.55. The monoisotopic (exact) mass is 275 g/mol. The molecule has 1 aliphatic rings. The van der Waals surface area contributed by atoms with Crippen LogP contribution in [0.25, 0.3) is 0 Å². The third-order valence-electron chi connectivity index (χ3n) is 4.85. The summed E-state index contributed by atoms with van der Waals surface area (Å²) in [5.41, 5.74) is 1.43. The summed E-state index contributed by atoms with van der Waals surface area (Å²) in [6.07, 6.45) is 3.76. The Bertz CT molecular complexity index is 376. The maximum Gasteiger partial charge on any atom is 0.0462 e. The molecule has 3 atom stereocenters. The van der Waals surface area contributed by atoms with E-state index >= 15 is 0 Å². The summed E-state index contributed by atoms with van der Waals surface area (Å²) in [6, 6.07) is 10.8. The summed E-state index contributed by atoms with van der Waals surface area (Å²) in [4.78, 5) is 0. The number of nitrogens with one attached hydrogen (secondary N) is 1. The fourth-order valence-corrected chi connectivity index (χ4v) is 3.49. The molecular formula is C18H29NO. The normalized spacial score (nSPS) is 24.2. The van der Waals surface area contributed by atoms with Crippen LogP contribution in [0.1, 0.15) is 44.6 Å². The van der Waals surface area contributed by atoms with Crippen molar-refractivity contribution in [3.63, 3.8) is 0 Å². The molecule has 1 aromatic carbocycles. The van der Waals surface area contributed by atoms with Crippen LogP contribution in [0.4, 0.5) is 0 Å². The molecule has 0 aliphatic heterocycles. The topological polar surface area (TPSA) is 32.3 Å². The van der Waals surface area contributed by atoms with Crippen LogP contribution in [-0.4, -0.2) is 24.8 Å². The first-order valence-corrected chi connectivity index (χ1v) is 8.09. The molecule has 1 fully saturated rings. The van der Waals surface area contributed by atoms with Gasteiger partial charge in [0.25, 0.3) is 0 Å². The third kappa shape index (κ3) is 4.07. The van der Waals surface area contributed by atoms with E-state index in [1.165, 1.54) is 24.8 Å². The number of aliphatic hydroxyl groups is 1. The molecule has 0 aromatic heterocycles. The van der Waals surface area contributed by atoms with Crippen molar-refractivity contribution in [1.29, 1.82) is 0 Å². The van der Waals surface area contributed by atoms with Crippen LogP contribution in [0.15, 0.2) is 30.3 Å².